The summed E-state index contributed by atoms with van der Waals surface area (Å²) in [6.45, 7) is 0. The van der Waals surface area contributed by atoms with Crippen LogP contribution >= 0.6 is 24.2 Å². The summed E-state index contributed by atoms with van der Waals surface area (Å²) >= 11 is 1.60. The highest BCUT2D eigenvalue weighted by molar-refractivity contribution is 7.98. The van der Waals surface area contributed by atoms with Crippen molar-refractivity contribution < 1.29 is 13.0 Å². The first-order valence-electron chi connectivity index (χ1n) is 3.15. The summed E-state index contributed by atoms with van der Waals surface area (Å²) in [4.78, 5) is 0. The van der Waals surface area contributed by atoms with Crippen LogP contribution in [-0.4, -0.2) is 36.8 Å². The number of nitrogens with two attached hydrogens (primary N) is 1. The topological polar surface area (TPSA) is 80.4 Å². The van der Waals surface area contributed by atoms with Gasteiger partial charge >= 0.3 is 0 Å². The molecule has 3 N–H and O–H groups in total. The van der Waals surface area contributed by atoms with Crippen LogP contribution in [0.2, 0.25) is 0 Å². The van der Waals surface area contributed by atoms with Crippen LogP contribution in [0.4, 0.5) is 0 Å². The summed E-state index contributed by atoms with van der Waals surface area (Å²) in [5.74, 6) is 0.476. The van der Waals surface area contributed by atoms with Gasteiger partial charge in [-0.15, -0.1) is 12.4 Å². The van der Waals surface area contributed by atoms with Crippen LogP contribution < -0.4 is 5.73 Å². The zero-order valence-electron chi connectivity index (χ0n) is 6.76. The van der Waals surface area contributed by atoms with Crippen molar-refractivity contribution in [2.75, 3.05) is 17.8 Å². The van der Waals surface area contributed by atoms with Gasteiger partial charge in [0.05, 0.1) is 5.75 Å². The van der Waals surface area contributed by atoms with Crippen LogP contribution in [0.3, 0.4) is 0 Å². The molecule has 0 aromatic heterocycles. The second-order valence-corrected chi connectivity index (χ2v) is 4.77. The monoisotopic (exact) mass is 235 g/mol. The standard InChI is InChI=1S/C5H13NO3S2.ClH/c1-10-3-2-5(6)4-11(7,8)9;/h5H,2-4,6H2,1H3,(H,7,8,9);1H/t5-;/m0./s1. The Balaban J connectivity index is 0. The van der Waals surface area contributed by atoms with Gasteiger partial charge in [0.25, 0.3) is 10.1 Å². The van der Waals surface area contributed by atoms with Gasteiger partial charge in [0.2, 0.25) is 0 Å². The van der Waals surface area contributed by atoms with E-state index >= 15 is 0 Å². The lowest BCUT2D eigenvalue weighted by atomic mass is 10.3. The van der Waals surface area contributed by atoms with E-state index in [1.807, 2.05) is 6.26 Å². The van der Waals surface area contributed by atoms with Gasteiger partial charge < -0.3 is 5.73 Å². The third-order valence-electron chi connectivity index (χ3n) is 1.12. The quantitative estimate of drug-likeness (QED) is 0.674. The summed E-state index contributed by atoms with van der Waals surface area (Å²) in [5.41, 5.74) is 5.39. The van der Waals surface area contributed by atoms with Gasteiger partial charge in [-0.2, -0.15) is 20.2 Å². The Kier molecular flexibility index (Phi) is 8.71. The van der Waals surface area contributed by atoms with Crippen molar-refractivity contribution in [1.82, 2.24) is 0 Å². The van der Waals surface area contributed by atoms with E-state index in [1.165, 1.54) is 0 Å². The van der Waals surface area contributed by atoms with Gasteiger partial charge in [0.15, 0.2) is 0 Å². The number of halogens is 1. The second kappa shape index (κ2) is 6.97. The van der Waals surface area contributed by atoms with Crippen LogP contribution in [0.1, 0.15) is 6.42 Å². The van der Waals surface area contributed by atoms with E-state index in [1.54, 1.807) is 11.8 Å². The van der Waals surface area contributed by atoms with E-state index in [9.17, 15) is 8.42 Å². The Morgan fingerprint density at radius 3 is 2.42 bits per heavy atom. The molecule has 4 nitrogen and oxygen atoms in total. The molecule has 0 amide bonds. The molecule has 76 valence electrons. The maximum atomic E-state index is 10.3. The molecule has 1 atom stereocenters. The van der Waals surface area contributed by atoms with Gasteiger partial charge in [-0.1, -0.05) is 0 Å². The SMILES string of the molecule is CSCC[C@H](N)CS(=O)(=O)O.Cl. The molecule has 0 spiro atoms. The van der Waals surface area contributed by atoms with E-state index < -0.39 is 16.2 Å². The average molecular weight is 236 g/mol. The molecule has 0 saturated carbocycles. The van der Waals surface area contributed by atoms with Crippen molar-refractivity contribution in [3.63, 3.8) is 0 Å². The van der Waals surface area contributed by atoms with Crippen molar-refractivity contribution >= 4 is 34.3 Å². The van der Waals surface area contributed by atoms with E-state index in [4.69, 9.17) is 10.3 Å². The maximum Gasteiger partial charge on any atom is 0.266 e. The molecule has 0 radical (unpaired) electrons. The molecule has 0 aromatic rings. The highest BCUT2D eigenvalue weighted by atomic mass is 35.5. The minimum absolute atomic E-state index is 0. The first-order chi connectivity index (χ1) is 4.95. The zero-order chi connectivity index (χ0) is 8.91. The van der Waals surface area contributed by atoms with Gasteiger partial charge in [-0.25, -0.2) is 0 Å². The second-order valence-electron chi connectivity index (χ2n) is 2.29. The largest absolute Gasteiger partial charge is 0.327 e. The number of rotatable bonds is 5. The molecular formula is C5H14ClNO3S2. The predicted octanol–water partition coefficient (Wildman–Crippen LogP) is 0.376. The van der Waals surface area contributed by atoms with Crippen molar-refractivity contribution in [3.8, 4) is 0 Å². The molecule has 0 bridgehead atoms. The van der Waals surface area contributed by atoms with Gasteiger partial charge in [0.1, 0.15) is 0 Å². The third-order valence-corrected chi connectivity index (χ3v) is 2.61. The van der Waals surface area contributed by atoms with E-state index in [-0.39, 0.29) is 18.2 Å². The fraction of sp³-hybridized carbons (Fsp3) is 1.00. The third kappa shape index (κ3) is 10.5. The Bertz CT molecular complexity index is 195. The van der Waals surface area contributed by atoms with Crippen molar-refractivity contribution in [2.24, 2.45) is 5.73 Å². The van der Waals surface area contributed by atoms with Crippen molar-refractivity contribution in [1.29, 1.82) is 0 Å². The molecule has 0 rings (SSSR count). The zero-order valence-corrected chi connectivity index (χ0v) is 9.21. The molecule has 12 heavy (non-hydrogen) atoms. The Labute approximate surface area is 83.4 Å². The molecule has 0 unspecified atom stereocenters. The molecule has 0 heterocycles. The van der Waals surface area contributed by atoms with Gasteiger partial charge in [-0.3, -0.25) is 4.55 Å². The van der Waals surface area contributed by atoms with E-state index in [0.29, 0.717) is 6.42 Å². The van der Waals surface area contributed by atoms with Gasteiger partial charge in [0, 0.05) is 6.04 Å². The molecule has 0 aliphatic heterocycles. The van der Waals surface area contributed by atoms with Crippen LogP contribution in [0.15, 0.2) is 0 Å². The lowest BCUT2D eigenvalue weighted by Crippen LogP contribution is -2.29. The normalized spacial score (nSPS) is 13.6. The Morgan fingerprint density at radius 1 is 1.58 bits per heavy atom. The van der Waals surface area contributed by atoms with Crippen LogP contribution in [-0.2, 0) is 10.1 Å². The highest BCUT2D eigenvalue weighted by Gasteiger charge is 2.11. The van der Waals surface area contributed by atoms with E-state index in [0.717, 1.165) is 5.75 Å². The van der Waals surface area contributed by atoms with Crippen molar-refractivity contribution in [2.45, 2.75) is 12.5 Å². The Hall–Kier alpha value is 0.510. The number of thioether (sulfide) groups is 1. The maximum absolute atomic E-state index is 10.3. The lowest BCUT2D eigenvalue weighted by molar-refractivity contribution is 0.476. The summed E-state index contributed by atoms with van der Waals surface area (Å²) in [5, 5.41) is 0. The highest BCUT2D eigenvalue weighted by Crippen LogP contribution is 2.00. The van der Waals surface area contributed by atoms with Crippen LogP contribution in [0.25, 0.3) is 0 Å². The minimum Gasteiger partial charge on any atom is -0.327 e. The fourth-order valence-electron chi connectivity index (χ4n) is 0.623. The Morgan fingerprint density at radius 2 is 2.08 bits per heavy atom. The summed E-state index contributed by atoms with van der Waals surface area (Å²) in [6, 6.07) is -0.447. The molecular weight excluding hydrogens is 222 g/mol. The summed E-state index contributed by atoms with van der Waals surface area (Å²) < 4.78 is 28.9. The van der Waals surface area contributed by atoms with E-state index in [2.05, 4.69) is 0 Å². The van der Waals surface area contributed by atoms with Crippen molar-refractivity contribution in [3.05, 3.63) is 0 Å². The first kappa shape index (κ1) is 15.0. The minimum atomic E-state index is -3.89. The molecule has 7 heteroatoms. The van der Waals surface area contributed by atoms with Crippen LogP contribution in [0.5, 0.6) is 0 Å². The lowest BCUT2D eigenvalue weighted by Gasteiger charge is -2.06. The molecule has 0 saturated heterocycles. The first-order valence-corrected chi connectivity index (χ1v) is 6.15. The average Bonchev–Trinajstić information content (AvgIpc) is 1.79. The molecule has 0 aliphatic carbocycles. The summed E-state index contributed by atoms with van der Waals surface area (Å²) in [7, 11) is -3.89. The fourth-order valence-corrected chi connectivity index (χ4v) is 1.87. The predicted molar refractivity (Wildman–Crippen MR) is 54.6 cm³/mol. The molecule has 0 fully saturated rings. The number of hydrogen-bond acceptors (Lipinski definition) is 4. The number of hydrogen-bond donors (Lipinski definition) is 2. The molecule has 0 aromatic carbocycles. The molecule has 0 aliphatic rings. The summed E-state index contributed by atoms with van der Waals surface area (Å²) in [6.07, 6.45) is 2.53. The van der Waals surface area contributed by atoms with Crippen LogP contribution in [0, 0.1) is 0 Å². The van der Waals surface area contributed by atoms with Gasteiger partial charge in [-0.05, 0) is 18.4 Å². The smallest absolute Gasteiger partial charge is 0.266 e.